The summed E-state index contributed by atoms with van der Waals surface area (Å²) in [5, 5.41) is 0. The van der Waals surface area contributed by atoms with Crippen LogP contribution in [-0.2, 0) is 0 Å². The Balaban J connectivity index is 3.08. The summed E-state index contributed by atoms with van der Waals surface area (Å²) in [7, 11) is 0. The van der Waals surface area contributed by atoms with E-state index in [4.69, 9.17) is 5.73 Å². The van der Waals surface area contributed by atoms with Gasteiger partial charge in [0, 0.05) is 11.1 Å². The number of nitrogens with two attached hydrogens (primary N) is 1. The molecule has 2 N–H and O–H groups in total. The number of anilines is 1. The van der Waals surface area contributed by atoms with Crippen LogP contribution in [0.5, 0.6) is 0 Å². The molecule has 0 radical (unpaired) electrons. The first-order valence-electron chi connectivity index (χ1n) is 2.19. The van der Waals surface area contributed by atoms with Crippen LogP contribution in [0.1, 0.15) is 0 Å². The molecule has 8 heavy (non-hydrogen) atoms. The van der Waals surface area contributed by atoms with Crippen LogP contribution in [0.4, 0.5) is 5.82 Å². The van der Waals surface area contributed by atoms with Crippen molar-refractivity contribution in [1.82, 2.24) is 4.98 Å². The van der Waals surface area contributed by atoms with Crippen molar-refractivity contribution in [2.24, 2.45) is 0 Å². The standard InChI is InChI=1S/C5H6N2S/c6-5-3-4(8)1-2-7-5/h1-3H,(H3,6,7,8). The number of hydrogen-bond donors (Lipinski definition) is 2. The molecule has 0 saturated carbocycles. The van der Waals surface area contributed by atoms with Crippen molar-refractivity contribution < 1.29 is 0 Å². The fourth-order valence-corrected chi connectivity index (χ4v) is 0.636. The Kier molecular flexibility index (Phi) is 1.39. The van der Waals surface area contributed by atoms with Crippen LogP contribution in [0.3, 0.4) is 0 Å². The minimum Gasteiger partial charge on any atom is -0.384 e. The van der Waals surface area contributed by atoms with E-state index in [0.717, 1.165) is 4.90 Å². The van der Waals surface area contributed by atoms with E-state index < -0.39 is 0 Å². The number of aromatic nitrogens is 1. The SMILES string of the molecule is Nc1cc(S)ccn1. The molecule has 42 valence electrons. The van der Waals surface area contributed by atoms with Crippen molar-refractivity contribution in [1.29, 1.82) is 0 Å². The molecular formula is C5H6N2S. The number of pyridine rings is 1. The fraction of sp³-hybridized carbons (Fsp3) is 0. The van der Waals surface area contributed by atoms with Gasteiger partial charge in [0.05, 0.1) is 0 Å². The Morgan fingerprint density at radius 3 is 2.75 bits per heavy atom. The van der Waals surface area contributed by atoms with E-state index in [1.807, 2.05) is 0 Å². The molecular weight excluding hydrogens is 120 g/mol. The third-order valence-electron chi connectivity index (χ3n) is 0.765. The highest BCUT2D eigenvalue weighted by molar-refractivity contribution is 7.80. The largest absolute Gasteiger partial charge is 0.384 e. The monoisotopic (exact) mass is 126 g/mol. The lowest BCUT2D eigenvalue weighted by Crippen LogP contribution is -1.86. The van der Waals surface area contributed by atoms with Crippen molar-refractivity contribution in [2.75, 3.05) is 5.73 Å². The van der Waals surface area contributed by atoms with Gasteiger partial charge in [0.15, 0.2) is 0 Å². The van der Waals surface area contributed by atoms with E-state index >= 15 is 0 Å². The summed E-state index contributed by atoms with van der Waals surface area (Å²) < 4.78 is 0. The summed E-state index contributed by atoms with van der Waals surface area (Å²) in [6, 6.07) is 3.47. The van der Waals surface area contributed by atoms with Gasteiger partial charge >= 0.3 is 0 Å². The molecule has 0 aromatic carbocycles. The zero-order valence-electron chi connectivity index (χ0n) is 4.20. The Hall–Kier alpha value is -0.700. The van der Waals surface area contributed by atoms with Gasteiger partial charge in [-0.25, -0.2) is 4.98 Å². The minimum absolute atomic E-state index is 0.512. The molecule has 0 unspecified atom stereocenters. The molecule has 1 rings (SSSR count). The number of rotatable bonds is 0. The van der Waals surface area contributed by atoms with Crippen molar-refractivity contribution in [3.63, 3.8) is 0 Å². The van der Waals surface area contributed by atoms with Gasteiger partial charge in [0.25, 0.3) is 0 Å². The second kappa shape index (κ2) is 2.05. The van der Waals surface area contributed by atoms with Gasteiger partial charge in [-0.1, -0.05) is 0 Å². The topological polar surface area (TPSA) is 38.9 Å². The second-order valence-corrected chi connectivity index (χ2v) is 1.96. The summed E-state index contributed by atoms with van der Waals surface area (Å²) in [4.78, 5) is 4.61. The predicted molar refractivity (Wildman–Crippen MR) is 35.9 cm³/mol. The van der Waals surface area contributed by atoms with Crippen molar-refractivity contribution >= 4 is 18.4 Å². The summed E-state index contributed by atoms with van der Waals surface area (Å²) in [6.45, 7) is 0. The zero-order valence-corrected chi connectivity index (χ0v) is 5.10. The average molecular weight is 126 g/mol. The summed E-state index contributed by atoms with van der Waals surface area (Å²) in [6.07, 6.45) is 1.62. The molecule has 0 fully saturated rings. The Bertz CT molecular complexity index is 170. The van der Waals surface area contributed by atoms with E-state index in [0.29, 0.717) is 5.82 Å². The summed E-state index contributed by atoms with van der Waals surface area (Å²) in [5.41, 5.74) is 5.30. The lowest BCUT2D eigenvalue weighted by atomic mass is 10.5. The van der Waals surface area contributed by atoms with Gasteiger partial charge in [-0.2, -0.15) is 0 Å². The van der Waals surface area contributed by atoms with Crippen molar-refractivity contribution in [3.05, 3.63) is 18.3 Å². The average Bonchev–Trinajstić information content (AvgIpc) is 1.64. The van der Waals surface area contributed by atoms with Crippen LogP contribution in [0.25, 0.3) is 0 Å². The molecule has 0 atom stereocenters. The molecule has 0 amide bonds. The highest BCUT2D eigenvalue weighted by Crippen LogP contribution is 2.05. The van der Waals surface area contributed by atoms with Gasteiger partial charge < -0.3 is 5.73 Å². The maximum atomic E-state index is 5.30. The molecule has 0 spiro atoms. The van der Waals surface area contributed by atoms with Gasteiger partial charge in [-0.05, 0) is 12.1 Å². The Morgan fingerprint density at radius 1 is 1.62 bits per heavy atom. The Labute approximate surface area is 53.1 Å². The first-order chi connectivity index (χ1) is 3.79. The maximum absolute atomic E-state index is 5.30. The van der Waals surface area contributed by atoms with E-state index in [1.165, 1.54) is 0 Å². The number of thiol groups is 1. The van der Waals surface area contributed by atoms with Crippen molar-refractivity contribution in [3.8, 4) is 0 Å². The van der Waals surface area contributed by atoms with Crippen LogP contribution in [0.2, 0.25) is 0 Å². The molecule has 1 aromatic heterocycles. The van der Waals surface area contributed by atoms with Gasteiger partial charge in [0.2, 0.25) is 0 Å². The van der Waals surface area contributed by atoms with E-state index in [2.05, 4.69) is 17.6 Å². The highest BCUT2D eigenvalue weighted by Gasteiger charge is 1.83. The van der Waals surface area contributed by atoms with Crippen molar-refractivity contribution in [2.45, 2.75) is 4.90 Å². The van der Waals surface area contributed by atoms with Gasteiger partial charge in [-0.3, -0.25) is 0 Å². The number of nitrogens with zero attached hydrogens (tertiary/aromatic N) is 1. The molecule has 3 heteroatoms. The molecule has 0 bridgehead atoms. The van der Waals surface area contributed by atoms with Crippen LogP contribution >= 0.6 is 12.6 Å². The highest BCUT2D eigenvalue weighted by atomic mass is 32.1. The Morgan fingerprint density at radius 2 is 2.38 bits per heavy atom. The van der Waals surface area contributed by atoms with E-state index in [1.54, 1.807) is 18.3 Å². The number of nitrogen functional groups attached to an aromatic ring is 1. The minimum atomic E-state index is 0.512. The molecule has 1 heterocycles. The molecule has 2 nitrogen and oxygen atoms in total. The second-order valence-electron chi connectivity index (χ2n) is 1.44. The van der Waals surface area contributed by atoms with Crippen LogP contribution in [0, 0.1) is 0 Å². The molecule has 1 aromatic rings. The van der Waals surface area contributed by atoms with Crippen LogP contribution < -0.4 is 5.73 Å². The smallest absolute Gasteiger partial charge is 0.124 e. The fourth-order valence-electron chi connectivity index (χ4n) is 0.437. The van der Waals surface area contributed by atoms with Gasteiger partial charge in [0.1, 0.15) is 5.82 Å². The molecule has 0 aliphatic heterocycles. The third-order valence-corrected chi connectivity index (χ3v) is 1.04. The maximum Gasteiger partial charge on any atom is 0.124 e. The number of hydrogen-bond acceptors (Lipinski definition) is 3. The first-order valence-corrected chi connectivity index (χ1v) is 2.64. The van der Waals surface area contributed by atoms with Gasteiger partial charge in [-0.15, -0.1) is 12.6 Å². The lowest BCUT2D eigenvalue weighted by Gasteiger charge is -1.89. The van der Waals surface area contributed by atoms with E-state index in [-0.39, 0.29) is 0 Å². The zero-order chi connectivity index (χ0) is 5.98. The lowest BCUT2D eigenvalue weighted by molar-refractivity contribution is 1.28. The normalized spacial score (nSPS) is 9.12. The van der Waals surface area contributed by atoms with Crippen LogP contribution in [0.15, 0.2) is 23.2 Å². The quantitative estimate of drug-likeness (QED) is 0.508. The third kappa shape index (κ3) is 1.13. The first kappa shape index (κ1) is 5.44. The predicted octanol–water partition coefficient (Wildman–Crippen LogP) is 0.953. The molecule has 0 aliphatic rings. The summed E-state index contributed by atoms with van der Waals surface area (Å²) >= 11 is 4.03. The summed E-state index contributed by atoms with van der Waals surface area (Å²) in [5.74, 6) is 0.512. The molecule has 0 aliphatic carbocycles. The molecule has 0 saturated heterocycles. The van der Waals surface area contributed by atoms with E-state index in [9.17, 15) is 0 Å². The van der Waals surface area contributed by atoms with Crippen LogP contribution in [-0.4, -0.2) is 4.98 Å².